The summed E-state index contributed by atoms with van der Waals surface area (Å²) in [7, 11) is 0. The number of nitrogens with zero attached hydrogens (tertiary/aromatic N) is 7. The summed E-state index contributed by atoms with van der Waals surface area (Å²) >= 11 is 0. The molecule has 1 aromatic heterocycles. The lowest BCUT2D eigenvalue weighted by molar-refractivity contribution is -0.123. The fourth-order valence-corrected chi connectivity index (χ4v) is 5.47. The van der Waals surface area contributed by atoms with Crippen LogP contribution in [-0.2, 0) is 11.5 Å². The minimum Gasteiger partial charge on any atom is -0.396 e. The van der Waals surface area contributed by atoms with E-state index < -0.39 is 0 Å². The Labute approximate surface area is 247 Å². The first-order chi connectivity index (χ1) is 19.7. The van der Waals surface area contributed by atoms with E-state index in [2.05, 4.69) is 69.2 Å². The summed E-state index contributed by atoms with van der Waals surface area (Å²) in [5, 5.41) is 30.4. The van der Waals surface area contributed by atoms with Gasteiger partial charge in [0.2, 0.25) is 5.91 Å². The fraction of sp³-hybridized carbons (Fsp3) is 0.767. The molecule has 1 aromatic rings. The predicted molar refractivity (Wildman–Crippen MR) is 165 cm³/mol. The van der Waals surface area contributed by atoms with Gasteiger partial charge in [-0.3, -0.25) is 24.4 Å². The molecule has 1 atom stereocenters. The topological polar surface area (TPSA) is 113 Å². The second-order valence-corrected chi connectivity index (χ2v) is 12.1. The summed E-state index contributed by atoms with van der Waals surface area (Å²) < 4.78 is 1.69. The summed E-state index contributed by atoms with van der Waals surface area (Å²) in [5.74, 6) is 0.188. The van der Waals surface area contributed by atoms with Crippen LogP contribution in [0, 0.1) is 5.41 Å². The van der Waals surface area contributed by atoms with E-state index in [1.54, 1.807) is 4.68 Å². The van der Waals surface area contributed by atoms with E-state index >= 15 is 0 Å². The highest BCUT2D eigenvalue weighted by Gasteiger charge is 2.23. The molecule has 1 aliphatic heterocycles. The van der Waals surface area contributed by atoms with Gasteiger partial charge < -0.3 is 15.5 Å². The number of hydrogen-bond donors (Lipinski definition) is 3. The molecule has 234 valence electrons. The average molecular weight is 577 g/mol. The van der Waals surface area contributed by atoms with Gasteiger partial charge in [0.25, 0.3) is 0 Å². The van der Waals surface area contributed by atoms with Gasteiger partial charge in [0.05, 0.1) is 25.0 Å². The largest absolute Gasteiger partial charge is 0.396 e. The van der Waals surface area contributed by atoms with Crippen molar-refractivity contribution in [3.63, 3.8) is 0 Å². The first-order valence-electron chi connectivity index (χ1n) is 15.2. The maximum Gasteiger partial charge on any atom is 0.235 e. The maximum atomic E-state index is 13.0. The number of aliphatic hydroxyl groups excluding tert-OH is 2. The summed E-state index contributed by atoms with van der Waals surface area (Å²) in [5.41, 5.74) is 1.03. The first-order valence-corrected chi connectivity index (χ1v) is 15.2. The second-order valence-electron chi connectivity index (χ2n) is 12.1. The van der Waals surface area contributed by atoms with Gasteiger partial charge in [-0.1, -0.05) is 38.1 Å². The Morgan fingerprint density at radius 2 is 1.54 bits per heavy atom. The number of amides is 1. The molecule has 0 bridgehead atoms. The van der Waals surface area contributed by atoms with Gasteiger partial charge >= 0.3 is 0 Å². The molecule has 41 heavy (non-hydrogen) atoms. The third kappa shape index (κ3) is 14.0. The van der Waals surface area contributed by atoms with Crippen LogP contribution < -0.4 is 5.32 Å². The molecule has 1 saturated heterocycles. The van der Waals surface area contributed by atoms with Crippen molar-refractivity contribution in [2.45, 2.75) is 52.6 Å². The van der Waals surface area contributed by atoms with Crippen LogP contribution in [-0.4, -0.2) is 142 Å². The van der Waals surface area contributed by atoms with Crippen molar-refractivity contribution in [2.24, 2.45) is 5.41 Å². The van der Waals surface area contributed by atoms with Crippen LogP contribution in [0.15, 0.2) is 31.5 Å². The lowest BCUT2D eigenvalue weighted by atomic mass is 9.79. The summed E-state index contributed by atoms with van der Waals surface area (Å²) in [6, 6.07) is 0. The number of aliphatic hydroxyl groups is 2. The van der Waals surface area contributed by atoms with Gasteiger partial charge in [-0.05, 0) is 24.7 Å². The zero-order valence-corrected chi connectivity index (χ0v) is 25.9. The van der Waals surface area contributed by atoms with Crippen LogP contribution in [0.25, 0.3) is 0 Å². The Morgan fingerprint density at radius 3 is 2.07 bits per heavy atom. The number of β-amino-alcohol motifs (C(OH)–C–C–N with tert-alkyl or cyclic N) is 1. The van der Waals surface area contributed by atoms with Gasteiger partial charge in [0, 0.05) is 84.5 Å². The third-order valence-electron chi connectivity index (χ3n) is 7.86. The standard InChI is InChI=1S/C30H56N8O3/c1-6-10-34-12-13-35(11-7-2)16-18-37(19-17-36(15-14-34)20-22-40)25-29(41)31-26-38-24-28(32-33-38)27(3)23-30(4,5)9-8-21-39/h6-7,24,27,39-40H,1-2,8-23,25-26H2,3-5H3,(H,31,41). The van der Waals surface area contributed by atoms with Crippen molar-refractivity contribution in [3.8, 4) is 0 Å². The SMILES string of the molecule is C=CCN1CCN(CC=C)CCN(CC(=O)NCn2cc(C(C)CC(C)(C)CCCO)nn2)CCN(CCO)CC1. The average Bonchev–Trinajstić information content (AvgIpc) is 3.41. The Bertz CT molecular complexity index is 893. The van der Waals surface area contributed by atoms with Crippen LogP contribution in [0.2, 0.25) is 0 Å². The number of rotatable bonds is 16. The van der Waals surface area contributed by atoms with Gasteiger partial charge in [0.15, 0.2) is 0 Å². The monoisotopic (exact) mass is 576 g/mol. The molecule has 0 aromatic carbocycles. The number of nitrogens with one attached hydrogen (secondary N) is 1. The quantitative estimate of drug-likeness (QED) is 0.250. The molecule has 0 radical (unpaired) electrons. The van der Waals surface area contributed by atoms with E-state index in [1.807, 2.05) is 18.3 Å². The lowest BCUT2D eigenvalue weighted by Crippen LogP contribution is -2.48. The zero-order chi connectivity index (χ0) is 30.1. The molecular weight excluding hydrogens is 520 g/mol. The van der Waals surface area contributed by atoms with Crippen LogP contribution >= 0.6 is 0 Å². The Morgan fingerprint density at radius 1 is 0.976 bits per heavy atom. The van der Waals surface area contributed by atoms with Crippen molar-refractivity contribution in [3.05, 3.63) is 37.2 Å². The number of carbonyl (C=O) groups is 1. The predicted octanol–water partition coefficient (Wildman–Crippen LogP) is 1.23. The van der Waals surface area contributed by atoms with Gasteiger partial charge in [-0.15, -0.1) is 18.3 Å². The normalized spacial score (nSPS) is 18.4. The van der Waals surface area contributed by atoms with Gasteiger partial charge in [-0.25, -0.2) is 4.68 Å². The molecule has 1 fully saturated rings. The van der Waals surface area contributed by atoms with Crippen LogP contribution in [0.5, 0.6) is 0 Å². The molecule has 2 rings (SSSR count). The zero-order valence-electron chi connectivity index (χ0n) is 25.9. The molecule has 11 heteroatoms. The first kappa shape index (κ1) is 35.0. The van der Waals surface area contributed by atoms with Crippen molar-refractivity contribution >= 4 is 5.91 Å². The van der Waals surface area contributed by atoms with Crippen molar-refractivity contribution in [2.75, 3.05) is 91.8 Å². The summed E-state index contributed by atoms with van der Waals surface area (Å²) in [4.78, 5) is 22.2. The van der Waals surface area contributed by atoms with Gasteiger partial charge in [-0.2, -0.15) is 0 Å². The second kappa shape index (κ2) is 19.1. The Kier molecular flexibility index (Phi) is 16.3. The van der Waals surface area contributed by atoms with Gasteiger partial charge in [0.1, 0.15) is 6.67 Å². The van der Waals surface area contributed by atoms with E-state index in [4.69, 9.17) is 0 Å². The highest BCUT2D eigenvalue weighted by Crippen LogP contribution is 2.34. The van der Waals surface area contributed by atoms with E-state index in [0.29, 0.717) is 13.1 Å². The molecule has 0 aliphatic carbocycles. The number of hydrogen-bond acceptors (Lipinski definition) is 9. The Hall–Kier alpha value is -2.15. The molecule has 0 saturated carbocycles. The van der Waals surface area contributed by atoms with E-state index in [9.17, 15) is 15.0 Å². The van der Waals surface area contributed by atoms with Crippen molar-refractivity contribution in [1.82, 2.24) is 39.9 Å². The highest BCUT2D eigenvalue weighted by molar-refractivity contribution is 5.77. The number of carbonyl (C=O) groups excluding carboxylic acids is 1. The fourth-order valence-electron chi connectivity index (χ4n) is 5.47. The van der Waals surface area contributed by atoms with Crippen LogP contribution in [0.4, 0.5) is 0 Å². The smallest absolute Gasteiger partial charge is 0.235 e. The highest BCUT2D eigenvalue weighted by atomic mass is 16.3. The summed E-state index contributed by atoms with van der Waals surface area (Å²) in [6.45, 7) is 24.4. The molecule has 1 aliphatic rings. The summed E-state index contributed by atoms with van der Waals surface area (Å²) in [6.07, 6.45) is 8.52. The molecule has 1 amide bonds. The minimum absolute atomic E-state index is 0.0477. The van der Waals surface area contributed by atoms with E-state index in [1.165, 1.54) is 0 Å². The maximum absolute atomic E-state index is 13.0. The van der Waals surface area contributed by atoms with Crippen LogP contribution in [0.1, 0.15) is 51.6 Å². The minimum atomic E-state index is -0.0477. The third-order valence-corrected chi connectivity index (χ3v) is 7.86. The van der Waals surface area contributed by atoms with E-state index in [-0.39, 0.29) is 37.1 Å². The van der Waals surface area contributed by atoms with Crippen molar-refractivity contribution in [1.29, 1.82) is 0 Å². The van der Waals surface area contributed by atoms with Crippen molar-refractivity contribution < 1.29 is 15.0 Å². The lowest BCUT2D eigenvalue weighted by Gasteiger charge is -2.33. The molecule has 11 nitrogen and oxygen atoms in total. The Balaban J connectivity index is 1.94. The van der Waals surface area contributed by atoms with Crippen LogP contribution in [0.3, 0.4) is 0 Å². The van der Waals surface area contributed by atoms with E-state index in [0.717, 1.165) is 90.4 Å². The molecular formula is C30H56N8O3. The molecule has 1 unspecified atom stereocenters. The molecule has 3 N–H and O–H groups in total. The molecule has 0 spiro atoms. The number of aromatic nitrogens is 3. The molecule has 2 heterocycles.